The molecule has 2 amide bonds. The lowest BCUT2D eigenvalue weighted by molar-refractivity contribution is 0.114. The molecule has 11 heteroatoms. The average Bonchev–Trinajstić information content (AvgIpc) is 3.26. The second-order valence-corrected chi connectivity index (χ2v) is 9.20. The van der Waals surface area contributed by atoms with Crippen LogP contribution in [0.4, 0.5) is 26.4 Å². The van der Waals surface area contributed by atoms with E-state index < -0.39 is 6.03 Å². The average molecular weight is 505 g/mol. The Labute approximate surface area is 213 Å². The molecule has 3 heterocycles. The standard InChI is InChI=1S/C26H29FN8O2/c1-14-9-15(11-16(27)10-14)19-13-30-24(29)22(23(19)35-7-5-17(28)6-8-35)25-32-20-4-3-18(12-21(20)33-25)31-26(36)34-37-2/h3-4,9-13,17H,5-8,28H2,1-2H3,(H2,29,30)(H,32,33)(H2,31,34,36). The van der Waals surface area contributed by atoms with Crippen molar-refractivity contribution >= 4 is 34.3 Å². The maximum Gasteiger partial charge on any atom is 0.343 e. The number of imidazole rings is 1. The number of nitrogen functional groups attached to an aromatic ring is 1. The van der Waals surface area contributed by atoms with E-state index in [2.05, 4.69) is 30.5 Å². The first kappa shape index (κ1) is 24.5. The number of anilines is 3. The number of nitrogens with one attached hydrogen (secondary N) is 3. The molecule has 0 bridgehead atoms. The fourth-order valence-electron chi connectivity index (χ4n) is 4.76. The number of halogens is 1. The Morgan fingerprint density at radius 1 is 1.22 bits per heavy atom. The fourth-order valence-corrected chi connectivity index (χ4v) is 4.76. The summed E-state index contributed by atoms with van der Waals surface area (Å²) in [6, 6.07) is 9.86. The molecule has 0 unspecified atom stereocenters. The minimum absolute atomic E-state index is 0.131. The summed E-state index contributed by atoms with van der Waals surface area (Å²) < 4.78 is 14.4. The number of carbonyl (C=O) groups is 1. The number of pyridine rings is 1. The molecule has 10 nitrogen and oxygen atoms in total. The molecule has 2 aromatic carbocycles. The molecule has 1 fully saturated rings. The van der Waals surface area contributed by atoms with Crippen molar-refractivity contribution in [3.05, 3.63) is 54.0 Å². The van der Waals surface area contributed by atoms with E-state index in [-0.39, 0.29) is 11.9 Å². The largest absolute Gasteiger partial charge is 0.383 e. The number of urea groups is 1. The van der Waals surface area contributed by atoms with Gasteiger partial charge in [-0.15, -0.1) is 0 Å². The third kappa shape index (κ3) is 5.04. The van der Waals surface area contributed by atoms with Crippen LogP contribution >= 0.6 is 0 Å². The Hall–Kier alpha value is -4.22. The second kappa shape index (κ2) is 10.0. The Morgan fingerprint density at radius 2 is 2.00 bits per heavy atom. The number of hydrogen-bond donors (Lipinski definition) is 5. The van der Waals surface area contributed by atoms with Crippen molar-refractivity contribution in [1.82, 2.24) is 20.4 Å². The van der Waals surface area contributed by atoms with Gasteiger partial charge in [0.15, 0.2) is 0 Å². The number of hydrogen-bond acceptors (Lipinski definition) is 7. The van der Waals surface area contributed by atoms with E-state index in [9.17, 15) is 9.18 Å². The van der Waals surface area contributed by atoms with E-state index in [0.717, 1.165) is 42.7 Å². The van der Waals surface area contributed by atoms with Crippen LogP contribution in [0.5, 0.6) is 0 Å². The lowest BCUT2D eigenvalue weighted by Crippen LogP contribution is -2.40. The summed E-state index contributed by atoms with van der Waals surface area (Å²) in [6.45, 7) is 3.30. The lowest BCUT2D eigenvalue weighted by Gasteiger charge is -2.34. The molecule has 1 aliphatic rings. The van der Waals surface area contributed by atoms with Crippen molar-refractivity contribution in [2.45, 2.75) is 25.8 Å². The SMILES string of the molecule is CONC(=O)Nc1ccc2nc(-c3c(N)ncc(-c4cc(C)cc(F)c4)c3N3CCC(N)CC3)[nH]c2c1. The van der Waals surface area contributed by atoms with Gasteiger partial charge in [0, 0.05) is 36.6 Å². The maximum atomic E-state index is 14.4. The summed E-state index contributed by atoms with van der Waals surface area (Å²) in [5, 5.41) is 2.69. The molecule has 7 N–H and O–H groups in total. The van der Waals surface area contributed by atoms with Crippen molar-refractivity contribution in [2.24, 2.45) is 5.73 Å². The summed E-state index contributed by atoms with van der Waals surface area (Å²) in [7, 11) is 1.36. The van der Waals surface area contributed by atoms with Crippen LogP contribution in [0.15, 0.2) is 42.6 Å². The normalized spacial score (nSPS) is 14.2. The van der Waals surface area contributed by atoms with Gasteiger partial charge in [0.05, 0.1) is 29.4 Å². The molecule has 192 valence electrons. The minimum Gasteiger partial charge on any atom is -0.383 e. The van der Waals surface area contributed by atoms with E-state index >= 15 is 0 Å². The number of benzene rings is 2. The number of nitrogens with zero attached hydrogens (tertiary/aromatic N) is 3. The van der Waals surface area contributed by atoms with Gasteiger partial charge in [0.2, 0.25) is 0 Å². The Kier molecular flexibility index (Phi) is 6.64. The number of hydroxylamine groups is 1. The summed E-state index contributed by atoms with van der Waals surface area (Å²) in [4.78, 5) is 31.3. The first-order chi connectivity index (χ1) is 17.8. The lowest BCUT2D eigenvalue weighted by atomic mass is 9.97. The number of amides is 2. The van der Waals surface area contributed by atoms with Gasteiger partial charge >= 0.3 is 6.03 Å². The number of H-pyrrole nitrogens is 1. The summed E-state index contributed by atoms with van der Waals surface area (Å²) in [6.07, 6.45) is 3.33. The highest BCUT2D eigenvalue weighted by molar-refractivity contribution is 5.97. The topological polar surface area (TPSA) is 147 Å². The Balaban J connectivity index is 1.65. The molecule has 4 aromatic rings. The van der Waals surface area contributed by atoms with Crippen LogP contribution in [0.1, 0.15) is 18.4 Å². The zero-order valence-electron chi connectivity index (χ0n) is 20.6. The number of fused-ring (bicyclic) bond motifs is 1. The van der Waals surface area contributed by atoms with Crippen LogP contribution in [0.25, 0.3) is 33.5 Å². The van der Waals surface area contributed by atoms with Crippen LogP contribution < -0.4 is 27.2 Å². The molecule has 2 aromatic heterocycles. The van der Waals surface area contributed by atoms with Crippen molar-refractivity contribution in [1.29, 1.82) is 0 Å². The predicted molar refractivity (Wildman–Crippen MR) is 142 cm³/mol. The van der Waals surface area contributed by atoms with Gasteiger partial charge < -0.3 is 26.7 Å². The van der Waals surface area contributed by atoms with Gasteiger partial charge in [-0.05, 0) is 61.2 Å². The Bertz CT molecular complexity index is 1440. The van der Waals surface area contributed by atoms with Crippen molar-refractivity contribution < 1.29 is 14.0 Å². The van der Waals surface area contributed by atoms with E-state index in [4.69, 9.17) is 16.5 Å². The maximum absolute atomic E-state index is 14.4. The van der Waals surface area contributed by atoms with Crippen molar-refractivity contribution in [3.63, 3.8) is 0 Å². The van der Waals surface area contributed by atoms with Crippen LogP contribution in [0.2, 0.25) is 0 Å². The number of carbonyl (C=O) groups excluding carboxylic acids is 1. The quantitative estimate of drug-likeness (QED) is 0.259. The van der Waals surface area contributed by atoms with E-state index in [1.165, 1.54) is 19.2 Å². The Morgan fingerprint density at radius 3 is 2.73 bits per heavy atom. The molecule has 0 atom stereocenters. The van der Waals surface area contributed by atoms with Gasteiger partial charge in [-0.1, -0.05) is 6.07 Å². The number of aromatic amines is 1. The number of rotatable bonds is 5. The third-order valence-electron chi connectivity index (χ3n) is 6.46. The molecule has 0 aliphatic carbocycles. The molecule has 5 rings (SSSR count). The highest BCUT2D eigenvalue weighted by Gasteiger charge is 2.26. The van der Waals surface area contributed by atoms with Crippen molar-refractivity contribution in [3.8, 4) is 22.5 Å². The number of piperidine rings is 1. The van der Waals surface area contributed by atoms with E-state index in [1.54, 1.807) is 24.4 Å². The number of nitrogens with two attached hydrogens (primary N) is 2. The van der Waals surface area contributed by atoms with Crippen LogP contribution in [-0.4, -0.2) is 47.2 Å². The molecule has 37 heavy (non-hydrogen) atoms. The highest BCUT2D eigenvalue weighted by Crippen LogP contribution is 2.43. The molecule has 0 radical (unpaired) electrons. The monoisotopic (exact) mass is 504 g/mol. The third-order valence-corrected chi connectivity index (χ3v) is 6.46. The van der Waals surface area contributed by atoms with Gasteiger partial charge in [0.25, 0.3) is 0 Å². The predicted octanol–water partition coefficient (Wildman–Crippen LogP) is 3.93. The van der Waals surface area contributed by atoms with Crippen LogP contribution in [0.3, 0.4) is 0 Å². The van der Waals surface area contributed by atoms with Gasteiger partial charge in [0.1, 0.15) is 17.5 Å². The van der Waals surface area contributed by atoms with Crippen LogP contribution in [0, 0.1) is 12.7 Å². The minimum atomic E-state index is -0.501. The second-order valence-electron chi connectivity index (χ2n) is 9.20. The molecule has 1 saturated heterocycles. The van der Waals surface area contributed by atoms with E-state index in [0.29, 0.717) is 39.5 Å². The molecular weight excluding hydrogens is 475 g/mol. The summed E-state index contributed by atoms with van der Waals surface area (Å²) >= 11 is 0. The zero-order chi connectivity index (χ0) is 26.1. The first-order valence-electron chi connectivity index (χ1n) is 12.0. The number of aryl methyl sites for hydroxylation is 1. The molecular formula is C26H29FN8O2. The van der Waals surface area contributed by atoms with Gasteiger partial charge in [-0.2, -0.15) is 0 Å². The molecule has 1 aliphatic heterocycles. The van der Waals surface area contributed by atoms with E-state index in [1.807, 2.05) is 13.0 Å². The number of aromatic nitrogens is 3. The van der Waals surface area contributed by atoms with Gasteiger partial charge in [-0.25, -0.2) is 24.6 Å². The highest BCUT2D eigenvalue weighted by atomic mass is 19.1. The van der Waals surface area contributed by atoms with Crippen molar-refractivity contribution in [2.75, 3.05) is 36.1 Å². The van der Waals surface area contributed by atoms with Crippen LogP contribution in [-0.2, 0) is 4.84 Å². The first-order valence-corrected chi connectivity index (χ1v) is 12.0. The summed E-state index contributed by atoms with van der Waals surface area (Å²) in [5.41, 5.74) is 20.6. The fraction of sp³-hybridized carbons (Fsp3) is 0.269. The smallest absolute Gasteiger partial charge is 0.343 e. The zero-order valence-corrected chi connectivity index (χ0v) is 20.6. The summed E-state index contributed by atoms with van der Waals surface area (Å²) in [5.74, 6) is 0.512. The molecule has 0 saturated carbocycles. The molecule has 0 spiro atoms. The van der Waals surface area contributed by atoms with Gasteiger partial charge in [-0.3, -0.25) is 4.84 Å².